The maximum absolute atomic E-state index is 10.8. The van der Waals surface area contributed by atoms with Crippen molar-refractivity contribution in [3.8, 4) is 5.75 Å². The standard InChI is InChI=1S/C14H17N3O3/c1-20-13-3-2-10(7-12(15)14(18)19)6-11(13)8-17-5-4-16-9-17/h2-6,9,12H,7-8,15H2,1H3,(H,18,19). The Bertz CT molecular complexity index is 581. The zero-order valence-electron chi connectivity index (χ0n) is 11.2. The lowest BCUT2D eigenvalue weighted by Gasteiger charge is -2.12. The second kappa shape index (κ2) is 6.21. The Hall–Kier alpha value is -2.34. The van der Waals surface area contributed by atoms with Crippen LogP contribution in [0.2, 0.25) is 0 Å². The number of imidazole rings is 1. The summed E-state index contributed by atoms with van der Waals surface area (Å²) in [5, 5.41) is 8.86. The fourth-order valence-electron chi connectivity index (χ4n) is 2.00. The van der Waals surface area contributed by atoms with E-state index >= 15 is 0 Å². The minimum Gasteiger partial charge on any atom is -0.496 e. The monoisotopic (exact) mass is 275 g/mol. The van der Waals surface area contributed by atoms with Crippen molar-refractivity contribution in [2.75, 3.05) is 7.11 Å². The average Bonchev–Trinajstić information content (AvgIpc) is 2.92. The molecule has 6 nitrogen and oxygen atoms in total. The molecule has 0 saturated carbocycles. The topological polar surface area (TPSA) is 90.4 Å². The number of ether oxygens (including phenoxy) is 1. The van der Waals surface area contributed by atoms with Gasteiger partial charge in [-0.2, -0.15) is 0 Å². The van der Waals surface area contributed by atoms with E-state index in [4.69, 9.17) is 15.6 Å². The largest absolute Gasteiger partial charge is 0.496 e. The highest BCUT2D eigenvalue weighted by molar-refractivity contribution is 5.73. The molecule has 2 rings (SSSR count). The maximum atomic E-state index is 10.8. The number of carboxylic acids is 1. The smallest absolute Gasteiger partial charge is 0.320 e. The van der Waals surface area contributed by atoms with Gasteiger partial charge in [0.15, 0.2) is 0 Å². The van der Waals surface area contributed by atoms with Crippen LogP contribution in [-0.2, 0) is 17.8 Å². The third-order valence-electron chi connectivity index (χ3n) is 3.03. The highest BCUT2D eigenvalue weighted by Gasteiger charge is 2.13. The Morgan fingerprint density at radius 3 is 2.95 bits per heavy atom. The van der Waals surface area contributed by atoms with Crippen LogP contribution in [0.3, 0.4) is 0 Å². The molecule has 0 aliphatic carbocycles. The summed E-state index contributed by atoms with van der Waals surface area (Å²) in [6.45, 7) is 0.610. The number of benzene rings is 1. The van der Waals surface area contributed by atoms with E-state index in [0.717, 1.165) is 16.9 Å². The molecule has 1 aromatic heterocycles. The van der Waals surface area contributed by atoms with Gasteiger partial charge in [0.1, 0.15) is 11.8 Å². The van der Waals surface area contributed by atoms with Gasteiger partial charge in [0.2, 0.25) is 0 Å². The minimum absolute atomic E-state index is 0.288. The molecule has 0 amide bonds. The Balaban J connectivity index is 2.22. The van der Waals surface area contributed by atoms with Gasteiger partial charge in [0.25, 0.3) is 0 Å². The zero-order valence-corrected chi connectivity index (χ0v) is 11.2. The van der Waals surface area contributed by atoms with Crippen LogP contribution in [0, 0.1) is 0 Å². The molecule has 0 fully saturated rings. The van der Waals surface area contributed by atoms with Crippen LogP contribution in [0.5, 0.6) is 5.75 Å². The summed E-state index contributed by atoms with van der Waals surface area (Å²) in [6.07, 6.45) is 5.57. The summed E-state index contributed by atoms with van der Waals surface area (Å²) < 4.78 is 7.24. The first kappa shape index (κ1) is 14.1. The van der Waals surface area contributed by atoms with Crippen LogP contribution in [0.25, 0.3) is 0 Å². The number of aromatic nitrogens is 2. The number of rotatable bonds is 6. The molecule has 20 heavy (non-hydrogen) atoms. The fraction of sp³-hybridized carbons (Fsp3) is 0.286. The molecule has 3 N–H and O–H groups in total. The van der Waals surface area contributed by atoms with E-state index in [1.807, 2.05) is 29.0 Å². The van der Waals surface area contributed by atoms with Gasteiger partial charge >= 0.3 is 5.97 Å². The van der Waals surface area contributed by atoms with E-state index in [1.165, 1.54) is 0 Å². The van der Waals surface area contributed by atoms with Gasteiger partial charge < -0.3 is 20.1 Å². The molecule has 1 atom stereocenters. The summed E-state index contributed by atoms with van der Waals surface area (Å²) in [4.78, 5) is 14.8. The number of aliphatic carboxylic acids is 1. The van der Waals surface area contributed by atoms with Crippen molar-refractivity contribution >= 4 is 5.97 Å². The van der Waals surface area contributed by atoms with Gasteiger partial charge in [0.05, 0.1) is 20.0 Å². The van der Waals surface area contributed by atoms with Crippen LogP contribution in [0.1, 0.15) is 11.1 Å². The maximum Gasteiger partial charge on any atom is 0.320 e. The molecule has 6 heteroatoms. The second-order valence-electron chi connectivity index (χ2n) is 4.53. The van der Waals surface area contributed by atoms with Crippen molar-refractivity contribution in [3.63, 3.8) is 0 Å². The molecule has 1 heterocycles. The molecular formula is C14H17N3O3. The third-order valence-corrected chi connectivity index (χ3v) is 3.03. The molecule has 1 aromatic carbocycles. The Morgan fingerprint density at radius 2 is 2.35 bits per heavy atom. The summed E-state index contributed by atoms with van der Waals surface area (Å²) in [5.74, 6) is -0.247. The molecule has 0 aliphatic rings. The lowest BCUT2D eigenvalue weighted by atomic mass is 10.0. The number of carboxylic acid groups (broad SMARTS) is 1. The normalized spacial score (nSPS) is 12.1. The number of hydrogen-bond acceptors (Lipinski definition) is 4. The van der Waals surface area contributed by atoms with E-state index in [2.05, 4.69) is 4.98 Å². The van der Waals surface area contributed by atoms with Gasteiger partial charge in [-0.1, -0.05) is 12.1 Å². The Labute approximate surface area is 116 Å². The lowest BCUT2D eigenvalue weighted by Crippen LogP contribution is -2.32. The van der Waals surface area contributed by atoms with Crippen molar-refractivity contribution in [2.45, 2.75) is 19.0 Å². The molecule has 0 aliphatic heterocycles. The summed E-state index contributed by atoms with van der Waals surface area (Å²) in [7, 11) is 1.61. The first-order valence-electron chi connectivity index (χ1n) is 6.20. The highest BCUT2D eigenvalue weighted by atomic mass is 16.5. The summed E-state index contributed by atoms with van der Waals surface area (Å²) in [6, 6.07) is 4.68. The van der Waals surface area contributed by atoms with Gasteiger partial charge in [-0.15, -0.1) is 0 Å². The minimum atomic E-state index is -1.00. The number of carbonyl (C=O) groups is 1. The molecular weight excluding hydrogens is 258 g/mol. The predicted octanol–water partition coefficient (Wildman–Crippen LogP) is 0.894. The van der Waals surface area contributed by atoms with Gasteiger partial charge in [-0.3, -0.25) is 4.79 Å². The second-order valence-corrected chi connectivity index (χ2v) is 4.53. The SMILES string of the molecule is COc1ccc(CC(N)C(=O)O)cc1Cn1ccnc1. The van der Waals surface area contributed by atoms with Crippen LogP contribution in [0.15, 0.2) is 36.9 Å². The zero-order chi connectivity index (χ0) is 14.5. The molecule has 0 saturated heterocycles. The summed E-state index contributed by atoms with van der Waals surface area (Å²) >= 11 is 0. The number of methoxy groups -OCH3 is 1. The fourth-order valence-corrected chi connectivity index (χ4v) is 2.00. The first-order valence-corrected chi connectivity index (χ1v) is 6.20. The van der Waals surface area contributed by atoms with Gasteiger partial charge in [0, 0.05) is 18.0 Å². The van der Waals surface area contributed by atoms with Crippen molar-refractivity contribution in [1.29, 1.82) is 0 Å². The van der Waals surface area contributed by atoms with Crippen molar-refractivity contribution in [1.82, 2.24) is 9.55 Å². The van der Waals surface area contributed by atoms with Crippen LogP contribution in [-0.4, -0.2) is 33.8 Å². The molecule has 106 valence electrons. The van der Waals surface area contributed by atoms with Crippen molar-refractivity contribution < 1.29 is 14.6 Å². The predicted molar refractivity (Wildman–Crippen MR) is 73.6 cm³/mol. The number of nitrogens with zero attached hydrogens (tertiary/aromatic N) is 2. The summed E-state index contributed by atoms with van der Waals surface area (Å²) in [5.41, 5.74) is 7.39. The first-order chi connectivity index (χ1) is 9.60. The van der Waals surface area contributed by atoms with Crippen molar-refractivity contribution in [2.24, 2.45) is 5.73 Å². The quantitative estimate of drug-likeness (QED) is 0.817. The van der Waals surface area contributed by atoms with E-state index in [-0.39, 0.29) is 6.42 Å². The molecule has 0 radical (unpaired) electrons. The number of nitrogens with two attached hydrogens (primary N) is 1. The van der Waals surface area contributed by atoms with E-state index in [9.17, 15) is 4.79 Å². The van der Waals surface area contributed by atoms with Crippen LogP contribution in [0.4, 0.5) is 0 Å². The van der Waals surface area contributed by atoms with E-state index in [0.29, 0.717) is 6.54 Å². The lowest BCUT2D eigenvalue weighted by molar-refractivity contribution is -0.138. The Kier molecular flexibility index (Phi) is 4.37. The number of hydrogen-bond donors (Lipinski definition) is 2. The van der Waals surface area contributed by atoms with Gasteiger partial charge in [-0.05, 0) is 18.1 Å². The molecule has 0 bridgehead atoms. The third kappa shape index (κ3) is 3.36. The van der Waals surface area contributed by atoms with E-state index in [1.54, 1.807) is 19.6 Å². The van der Waals surface area contributed by atoms with Gasteiger partial charge in [-0.25, -0.2) is 4.98 Å². The van der Waals surface area contributed by atoms with E-state index < -0.39 is 12.0 Å². The van der Waals surface area contributed by atoms with Crippen molar-refractivity contribution in [3.05, 3.63) is 48.0 Å². The molecule has 2 aromatic rings. The average molecular weight is 275 g/mol. The molecule has 1 unspecified atom stereocenters. The van der Waals surface area contributed by atoms with Crippen LogP contribution < -0.4 is 10.5 Å². The Morgan fingerprint density at radius 1 is 1.55 bits per heavy atom. The highest BCUT2D eigenvalue weighted by Crippen LogP contribution is 2.21. The molecule has 0 spiro atoms. The van der Waals surface area contributed by atoms with Crippen LogP contribution >= 0.6 is 0 Å².